The summed E-state index contributed by atoms with van der Waals surface area (Å²) in [6, 6.07) is 13.8. The van der Waals surface area contributed by atoms with Crippen molar-refractivity contribution in [3.05, 3.63) is 53.7 Å². The summed E-state index contributed by atoms with van der Waals surface area (Å²) in [5, 5.41) is 4.20. The summed E-state index contributed by atoms with van der Waals surface area (Å²) in [6.45, 7) is 3.52. The third kappa shape index (κ3) is 3.91. The van der Waals surface area contributed by atoms with Crippen LogP contribution in [-0.4, -0.2) is 38.3 Å². The fraction of sp³-hybridized carbons (Fsp3) is 0.318. The van der Waals surface area contributed by atoms with Gasteiger partial charge in [-0.2, -0.15) is 0 Å². The van der Waals surface area contributed by atoms with Gasteiger partial charge in [-0.25, -0.2) is 0 Å². The van der Waals surface area contributed by atoms with E-state index in [0.717, 1.165) is 13.0 Å². The van der Waals surface area contributed by atoms with Crippen LogP contribution < -0.4 is 19.5 Å². The highest BCUT2D eigenvalue weighted by atomic mass is 16.5. The molecule has 6 heteroatoms. The summed E-state index contributed by atoms with van der Waals surface area (Å²) >= 11 is 0. The third-order valence-corrected chi connectivity index (χ3v) is 4.79. The van der Waals surface area contributed by atoms with E-state index in [1.54, 1.807) is 12.1 Å². The van der Waals surface area contributed by atoms with Crippen LogP contribution in [0.15, 0.2) is 42.5 Å². The summed E-state index contributed by atoms with van der Waals surface area (Å²) in [5.41, 5.74) is 2.91. The zero-order chi connectivity index (χ0) is 20.1. The molecule has 0 bridgehead atoms. The van der Waals surface area contributed by atoms with Crippen LogP contribution in [0, 0.1) is 6.92 Å². The minimum Gasteiger partial charge on any atom is -0.493 e. The first-order chi connectivity index (χ1) is 13.6. The molecule has 0 fully saturated rings. The molecule has 0 saturated heterocycles. The van der Waals surface area contributed by atoms with Gasteiger partial charge in [0.2, 0.25) is 5.75 Å². The topological polar surface area (TPSA) is 61.7 Å². The predicted octanol–water partition coefficient (Wildman–Crippen LogP) is 3.80. The van der Waals surface area contributed by atoms with Gasteiger partial charge >= 0.3 is 0 Å². The van der Waals surface area contributed by atoms with E-state index >= 15 is 0 Å². The molecule has 0 atom stereocenters. The van der Waals surface area contributed by atoms with Crippen molar-refractivity contribution in [2.75, 3.05) is 27.9 Å². The van der Waals surface area contributed by atoms with Crippen LogP contribution in [0.5, 0.6) is 17.2 Å². The van der Waals surface area contributed by atoms with E-state index < -0.39 is 0 Å². The van der Waals surface area contributed by atoms with Crippen LogP contribution in [0.25, 0.3) is 10.9 Å². The fourth-order valence-corrected chi connectivity index (χ4v) is 3.40. The minimum absolute atomic E-state index is 0.173. The normalized spacial score (nSPS) is 10.7. The van der Waals surface area contributed by atoms with Crippen molar-refractivity contribution in [2.24, 2.45) is 0 Å². The molecule has 3 aromatic rings. The molecule has 1 aromatic heterocycles. The van der Waals surface area contributed by atoms with E-state index in [1.165, 1.54) is 37.9 Å². The van der Waals surface area contributed by atoms with Crippen molar-refractivity contribution >= 4 is 16.8 Å². The number of nitrogens with one attached hydrogen (secondary N) is 1. The number of carbonyl (C=O) groups is 1. The highest BCUT2D eigenvalue weighted by Crippen LogP contribution is 2.38. The molecule has 2 aromatic carbocycles. The molecule has 0 aliphatic rings. The molecule has 0 spiro atoms. The van der Waals surface area contributed by atoms with Gasteiger partial charge in [-0.15, -0.1) is 0 Å². The molecule has 148 valence electrons. The summed E-state index contributed by atoms with van der Waals surface area (Å²) in [7, 11) is 4.60. The summed E-state index contributed by atoms with van der Waals surface area (Å²) in [6.07, 6.45) is 0.829. The van der Waals surface area contributed by atoms with Crippen LogP contribution in [0.2, 0.25) is 0 Å². The van der Waals surface area contributed by atoms with Gasteiger partial charge in [0.1, 0.15) is 0 Å². The molecule has 3 rings (SSSR count). The number of nitrogens with zero attached hydrogens (tertiary/aromatic N) is 1. The van der Waals surface area contributed by atoms with Crippen molar-refractivity contribution in [1.29, 1.82) is 0 Å². The van der Waals surface area contributed by atoms with Gasteiger partial charge in [0.15, 0.2) is 11.5 Å². The number of aryl methyl sites for hydroxylation is 2. The molecule has 0 radical (unpaired) electrons. The Bertz CT molecular complexity index is 953. The second-order valence-corrected chi connectivity index (χ2v) is 6.52. The van der Waals surface area contributed by atoms with Gasteiger partial charge in [0.25, 0.3) is 5.91 Å². The van der Waals surface area contributed by atoms with E-state index in [1.807, 2.05) is 12.1 Å². The molecule has 0 unspecified atom stereocenters. The SMILES string of the molecule is COc1cc(C(=O)NCCCn2c(C)cc3ccccc32)cc(OC)c1OC. The summed E-state index contributed by atoms with van der Waals surface area (Å²) < 4.78 is 18.2. The highest BCUT2D eigenvalue weighted by molar-refractivity contribution is 5.95. The number of para-hydroxylation sites is 1. The number of fused-ring (bicyclic) bond motifs is 1. The van der Waals surface area contributed by atoms with Crippen molar-refractivity contribution < 1.29 is 19.0 Å². The quantitative estimate of drug-likeness (QED) is 0.602. The number of benzene rings is 2. The maximum Gasteiger partial charge on any atom is 0.251 e. The Morgan fingerprint density at radius 3 is 2.32 bits per heavy atom. The smallest absolute Gasteiger partial charge is 0.251 e. The lowest BCUT2D eigenvalue weighted by atomic mass is 10.1. The number of hydrogen-bond donors (Lipinski definition) is 1. The van der Waals surface area contributed by atoms with Crippen LogP contribution in [-0.2, 0) is 6.54 Å². The second-order valence-electron chi connectivity index (χ2n) is 6.52. The lowest BCUT2D eigenvalue weighted by Crippen LogP contribution is -2.25. The zero-order valence-electron chi connectivity index (χ0n) is 16.7. The zero-order valence-corrected chi connectivity index (χ0v) is 16.7. The maximum atomic E-state index is 12.6. The molecule has 6 nitrogen and oxygen atoms in total. The number of carbonyl (C=O) groups excluding carboxylic acids is 1. The van der Waals surface area contributed by atoms with Gasteiger partial charge in [-0.05, 0) is 43.0 Å². The van der Waals surface area contributed by atoms with E-state index in [2.05, 4.69) is 35.0 Å². The number of aromatic nitrogens is 1. The molecule has 1 N–H and O–H groups in total. The first kappa shape index (κ1) is 19.6. The molecule has 0 saturated carbocycles. The molecular formula is C22H26N2O4. The highest BCUT2D eigenvalue weighted by Gasteiger charge is 2.16. The number of rotatable bonds is 8. The Morgan fingerprint density at radius 1 is 1.00 bits per heavy atom. The Hall–Kier alpha value is -3.15. The van der Waals surface area contributed by atoms with E-state index in [-0.39, 0.29) is 5.91 Å². The van der Waals surface area contributed by atoms with Gasteiger partial charge in [0, 0.05) is 29.9 Å². The number of hydrogen-bond acceptors (Lipinski definition) is 4. The minimum atomic E-state index is -0.173. The molecule has 1 heterocycles. The maximum absolute atomic E-state index is 12.6. The largest absolute Gasteiger partial charge is 0.493 e. The summed E-state index contributed by atoms with van der Waals surface area (Å²) in [5.74, 6) is 1.22. The van der Waals surface area contributed by atoms with Crippen LogP contribution in [0.3, 0.4) is 0 Å². The molecule has 28 heavy (non-hydrogen) atoms. The predicted molar refractivity (Wildman–Crippen MR) is 110 cm³/mol. The van der Waals surface area contributed by atoms with Crippen molar-refractivity contribution in [2.45, 2.75) is 19.9 Å². The van der Waals surface area contributed by atoms with E-state index in [0.29, 0.717) is 29.4 Å². The molecule has 0 aliphatic heterocycles. The number of methoxy groups -OCH3 is 3. The second kappa shape index (κ2) is 8.69. The lowest BCUT2D eigenvalue weighted by molar-refractivity contribution is 0.0952. The Kier molecular flexibility index (Phi) is 6.09. The molecule has 0 aliphatic carbocycles. The monoisotopic (exact) mass is 382 g/mol. The van der Waals surface area contributed by atoms with Crippen molar-refractivity contribution in [3.8, 4) is 17.2 Å². The van der Waals surface area contributed by atoms with Gasteiger partial charge in [-0.3, -0.25) is 4.79 Å². The van der Waals surface area contributed by atoms with Gasteiger partial charge in [0.05, 0.1) is 21.3 Å². The van der Waals surface area contributed by atoms with Crippen LogP contribution in [0.4, 0.5) is 0 Å². The Balaban J connectivity index is 1.63. The number of ether oxygens (including phenoxy) is 3. The standard InChI is InChI=1S/C22H26N2O4/c1-15-12-16-8-5-6-9-18(16)24(15)11-7-10-23-22(25)17-13-19(26-2)21(28-4)20(14-17)27-3/h5-6,8-9,12-14H,7,10-11H2,1-4H3,(H,23,25). The average Bonchev–Trinajstić information content (AvgIpc) is 3.04. The Morgan fingerprint density at radius 2 is 1.68 bits per heavy atom. The van der Waals surface area contributed by atoms with E-state index in [4.69, 9.17) is 14.2 Å². The van der Waals surface area contributed by atoms with Crippen molar-refractivity contribution in [3.63, 3.8) is 0 Å². The molecule has 1 amide bonds. The van der Waals surface area contributed by atoms with Crippen LogP contribution >= 0.6 is 0 Å². The summed E-state index contributed by atoms with van der Waals surface area (Å²) in [4.78, 5) is 12.6. The molecular weight excluding hydrogens is 356 g/mol. The van der Waals surface area contributed by atoms with Gasteiger partial charge in [-0.1, -0.05) is 18.2 Å². The van der Waals surface area contributed by atoms with Gasteiger partial charge < -0.3 is 24.1 Å². The lowest BCUT2D eigenvalue weighted by Gasteiger charge is -2.14. The fourth-order valence-electron chi connectivity index (χ4n) is 3.40. The van der Waals surface area contributed by atoms with E-state index in [9.17, 15) is 4.79 Å². The van der Waals surface area contributed by atoms with Crippen LogP contribution in [0.1, 0.15) is 22.5 Å². The van der Waals surface area contributed by atoms with Crippen molar-refractivity contribution in [1.82, 2.24) is 9.88 Å². The number of amides is 1. The third-order valence-electron chi connectivity index (χ3n) is 4.79. The Labute approximate surface area is 165 Å². The average molecular weight is 382 g/mol. The first-order valence-electron chi connectivity index (χ1n) is 9.22. The first-order valence-corrected chi connectivity index (χ1v) is 9.22.